The number of hydrogen-bond donors (Lipinski definition) is 1. The SMILES string of the molecule is C=CCCCCC[C@H](NC(=O)OC(C)(C)C)C(=O)N1C[C@H](OC(=O)N2Cc3cccc(F)c3C2)C[C@H]1C(=O)N(C(=O)CC)[C@@]1(C(=O)OCC)C[C@H]1C=C. The third-order valence-corrected chi connectivity index (χ3v) is 9.74. The molecule has 1 aromatic carbocycles. The smallest absolute Gasteiger partial charge is 0.410 e. The Bertz CT molecular complexity index is 1590. The van der Waals surface area contributed by atoms with Crippen molar-refractivity contribution >= 4 is 35.9 Å². The van der Waals surface area contributed by atoms with E-state index in [9.17, 15) is 33.2 Å². The fourth-order valence-electron chi connectivity index (χ4n) is 7.05. The van der Waals surface area contributed by atoms with Gasteiger partial charge in [-0.15, -0.1) is 13.2 Å². The van der Waals surface area contributed by atoms with Crippen molar-refractivity contribution in [1.29, 1.82) is 0 Å². The van der Waals surface area contributed by atoms with Crippen LogP contribution in [0.3, 0.4) is 0 Å². The standard InChI is InChI=1S/C39H53FN4O9/c1-8-12-13-14-15-19-30(41-36(49)53-38(5,6)7)33(46)43-23-27(52-37(50)42-22-25-17-16-18-29(40)28(25)24-42)20-31(43)34(47)44(32(45)10-3)39(21-26(39)9-2)35(48)51-11-4/h8-9,16-18,26-27,30-31H,1-2,10-15,19-24H2,3-7H3,(H,41,49)/t26-,27-,30+,31+,39+/m1/s1. The predicted octanol–water partition coefficient (Wildman–Crippen LogP) is 5.55. The van der Waals surface area contributed by atoms with E-state index in [1.54, 1.807) is 52.8 Å². The van der Waals surface area contributed by atoms with Crippen molar-refractivity contribution < 1.29 is 47.4 Å². The monoisotopic (exact) mass is 740 g/mol. The van der Waals surface area contributed by atoms with E-state index in [-0.39, 0.29) is 51.9 Å². The second-order valence-electron chi connectivity index (χ2n) is 14.7. The Morgan fingerprint density at radius 2 is 1.83 bits per heavy atom. The van der Waals surface area contributed by atoms with E-state index in [0.717, 1.165) is 24.2 Å². The molecular formula is C39H53FN4O9. The minimum absolute atomic E-state index is 0.00788. The molecule has 2 heterocycles. The number of benzene rings is 1. The first kappa shape index (κ1) is 41.0. The largest absolute Gasteiger partial charge is 0.464 e. The van der Waals surface area contributed by atoms with Crippen LogP contribution in [0.25, 0.3) is 0 Å². The quantitative estimate of drug-likeness (QED) is 0.106. The minimum Gasteiger partial charge on any atom is -0.464 e. The summed E-state index contributed by atoms with van der Waals surface area (Å²) in [6.45, 7) is 15.6. The molecule has 1 aliphatic carbocycles. The summed E-state index contributed by atoms with van der Waals surface area (Å²) in [4.78, 5) is 86.2. The number of imide groups is 1. The number of hydrogen-bond acceptors (Lipinski definition) is 9. The van der Waals surface area contributed by atoms with Crippen molar-refractivity contribution in [1.82, 2.24) is 20.0 Å². The molecule has 5 amide bonds. The number of likely N-dealkylation sites (tertiary alicyclic amines) is 1. The molecule has 0 radical (unpaired) electrons. The van der Waals surface area contributed by atoms with E-state index in [1.165, 1.54) is 21.9 Å². The molecule has 0 spiro atoms. The lowest BCUT2D eigenvalue weighted by Crippen LogP contribution is -2.59. The molecule has 4 rings (SSSR count). The molecule has 2 aliphatic heterocycles. The molecule has 0 unspecified atom stereocenters. The van der Waals surface area contributed by atoms with Crippen LogP contribution < -0.4 is 5.32 Å². The van der Waals surface area contributed by atoms with Gasteiger partial charge >= 0.3 is 18.2 Å². The Kier molecular flexibility index (Phi) is 13.5. The van der Waals surface area contributed by atoms with Crippen molar-refractivity contribution in [3.8, 4) is 0 Å². The maximum Gasteiger partial charge on any atom is 0.410 e. The third-order valence-electron chi connectivity index (χ3n) is 9.74. The molecule has 0 aromatic heterocycles. The van der Waals surface area contributed by atoms with E-state index in [1.807, 2.05) is 0 Å². The highest BCUT2D eigenvalue weighted by atomic mass is 19.1. The summed E-state index contributed by atoms with van der Waals surface area (Å²) in [6, 6.07) is 2.10. The van der Waals surface area contributed by atoms with Crippen LogP contribution in [0.2, 0.25) is 0 Å². The lowest BCUT2D eigenvalue weighted by atomic mass is 10.0. The number of unbranched alkanes of at least 4 members (excludes halogenated alkanes) is 3. The van der Waals surface area contributed by atoms with Gasteiger partial charge in [0, 0.05) is 30.9 Å². The molecule has 2 fully saturated rings. The number of rotatable bonds is 15. The number of amides is 5. The Morgan fingerprint density at radius 3 is 2.43 bits per heavy atom. The minimum atomic E-state index is -1.64. The van der Waals surface area contributed by atoms with Gasteiger partial charge in [-0.2, -0.15) is 0 Å². The molecule has 1 aromatic rings. The van der Waals surface area contributed by atoms with E-state index in [4.69, 9.17) is 14.2 Å². The number of alkyl carbamates (subject to hydrolysis) is 1. The number of carbonyl (C=O) groups excluding carboxylic acids is 6. The fraction of sp³-hybridized carbons (Fsp3) is 0.590. The van der Waals surface area contributed by atoms with Crippen molar-refractivity contribution in [3.63, 3.8) is 0 Å². The molecule has 0 bridgehead atoms. The van der Waals surface area contributed by atoms with E-state index in [0.29, 0.717) is 17.5 Å². The van der Waals surface area contributed by atoms with Gasteiger partial charge in [0.2, 0.25) is 11.8 Å². The number of esters is 1. The Hall–Kier alpha value is -4.75. The number of ether oxygens (including phenoxy) is 3. The summed E-state index contributed by atoms with van der Waals surface area (Å²) in [5.74, 6) is -3.90. The maximum atomic E-state index is 14.7. The van der Waals surface area contributed by atoms with Gasteiger partial charge in [-0.25, -0.2) is 18.8 Å². The zero-order chi connectivity index (χ0) is 39.1. The normalized spacial score (nSPS) is 22.3. The summed E-state index contributed by atoms with van der Waals surface area (Å²) in [6.07, 6.45) is 3.52. The van der Waals surface area contributed by atoms with Crippen molar-refractivity contribution in [3.05, 3.63) is 60.5 Å². The first-order valence-electron chi connectivity index (χ1n) is 18.4. The molecule has 1 saturated carbocycles. The van der Waals surface area contributed by atoms with E-state index < -0.39 is 76.9 Å². The van der Waals surface area contributed by atoms with Gasteiger partial charge in [-0.1, -0.05) is 44.1 Å². The maximum absolute atomic E-state index is 14.7. The summed E-state index contributed by atoms with van der Waals surface area (Å²) < 4.78 is 31.1. The van der Waals surface area contributed by atoms with E-state index >= 15 is 0 Å². The number of nitrogens with one attached hydrogen (secondary N) is 1. The lowest BCUT2D eigenvalue weighted by molar-refractivity contribution is -0.166. The highest BCUT2D eigenvalue weighted by molar-refractivity contribution is 6.06. The van der Waals surface area contributed by atoms with Crippen LogP contribution in [0, 0.1) is 11.7 Å². The van der Waals surface area contributed by atoms with Crippen LogP contribution in [0.5, 0.6) is 0 Å². The molecule has 14 heteroatoms. The van der Waals surface area contributed by atoms with Crippen molar-refractivity contribution in [2.75, 3.05) is 13.2 Å². The van der Waals surface area contributed by atoms with Crippen molar-refractivity contribution in [2.45, 2.75) is 128 Å². The predicted molar refractivity (Wildman–Crippen MR) is 192 cm³/mol. The lowest BCUT2D eigenvalue weighted by Gasteiger charge is -2.35. The summed E-state index contributed by atoms with van der Waals surface area (Å²) in [5, 5.41) is 2.67. The average molecular weight is 741 g/mol. The highest BCUT2D eigenvalue weighted by Gasteiger charge is 2.68. The first-order valence-corrected chi connectivity index (χ1v) is 18.4. The number of halogens is 1. The Labute approximate surface area is 310 Å². The zero-order valence-electron chi connectivity index (χ0n) is 31.5. The van der Waals surface area contributed by atoms with Crippen molar-refractivity contribution in [2.24, 2.45) is 5.92 Å². The van der Waals surface area contributed by atoms with Crippen LogP contribution in [0.15, 0.2) is 43.5 Å². The molecule has 3 aliphatic rings. The van der Waals surface area contributed by atoms with Crippen LogP contribution in [-0.4, -0.2) is 93.1 Å². The van der Waals surface area contributed by atoms with Gasteiger partial charge in [0.15, 0.2) is 5.54 Å². The van der Waals surface area contributed by atoms with Crippen LogP contribution >= 0.6 is 0 Å². The molecule has 13 nitrogen and oxygen atoms in total. The molecule has 1 saturated heterocycles. The molecule has 1 N–H and O–H groups in total. The van der Waals surface area contributed by atoms with Crippen LogP contribution in [-0.2, 0) is 46.5 Å². The summed E-state index contributed by atoms with van der Waals surface area (Å²) in [7, 11) is 0. The summed E-state index contributed by atoms with van der Waals surface area (Å²) >= 11 is 0. The van der Waals surface area contributed by atoms with E-state index in [2.05, 4.69) is 18.5 Å². The number of carbonyl (C=O) groups is 6. The third kappa shape index (κ3) is 9.44. The Balaban J connectivity index is 1.67. The highest BCUT2D eigenvalue weighted by Crippen LogP contribution is 2.51. The van der Waals surface area contributed by atoms with Gasteiger partial charge in [0.25, 0.3) is 5.91 Å². The van der Waals surface area contributed by atoms with Gasteiger partial charge < -0.3 is 24.4 Å². The molecule has 53 heavy (non-hydrogen) atoms. The van der Waals surface area contributed by atoms with Gasteiger partial charge in [-0.3, -0.25) is 24.2 Å². The van der Waals surface area contributed by atoms with Gasteiger partial charge in [0.05, 0.1) is 19.7 Å². The second kappa shape index (κ2) is 17.4. The van der Waals surface area contributed by atoms with Gasteiger partial charge in [0.1, 0.15) is 29.6 Å². The summed E-state index contributed by atoms with van der Waals surface area (Å²) in [5.41, 5.74) is -1.49. The Morgan fingerprint density at radius 1 is 1.09 bits per heavy atom. The number of nitrogens with zero attached hydrogens (tertiary/aromatic N) is 3. The first-order chi connectivity index (χ1) is 25.1. The van der Waals surface area contributed by atoms with Crippen LogP contribution in [0.1, 0.15) is 97.1 Å². The van der Waals surface area contributed by atoms with Crippen LogP contribution in [0.4, 0.5) is 14.0 Å². The molecule has 290 valence electrons. The fourth-order valence-corrected chi connectivity index (χ4v) is 7.05. The zero-order valence-corrected chi connectivity index (χ0v) is 31.5. The van der Waals surface area contributed by atoms with Gasteiger partial charge in [-0.05, 0) is 65.0 Å². The topological polar surface area (TPSA) is 152 Å². The molecular weight excluding hydrogens is 687 g/mol. The molecule has 5 atom stereocenters. The number of allylic oxidation sites excluding steroid dienone is 1. The second-order valence-corrected chi connectivity index (χ2v) is 14.7. The number of fused-ring (bicyclic) bond motifs is 1. The average Bonchev–Trinajstić information content (AvgIpc) is 3.41.